The number of nitrogens with one attached hydrogen (secondary N) is 1. The van der Waals surface area contributed by atoms with E-state index in [4.69, 9.17) is 0 Å². The molecule has 0 aliphatic carbocycles. The number of hydrogen-bond acceptors (Lipinski definition) is 3. The normalized spacial score (nSPS) is 11.6. The summed E-state index contributed by atoms with van der Waals surface area (Å²) in [5.74, 6) is -0.775. The Hall–Kier alpha value is -2.05. The number of carbonyl (C=O) groups excluding carboxylic acids is 1. The summed E-state index contributed by atoms with van der Waals surface area (Å²) in [6.07, 6.45) is -3.00. The van der Waals surface area contributed by atoms with Gasteiger partial charge in [0.1, 0.15) is 13.7 Å². The van der Waals surface area contributed by atoms with Gasteiger partial charge in [0.25, 0.3) is 5.91 Å². The molecular weight excluding hydrogens is 249 g/mol. The maximum absolute atomic E-state index is 11.9. The van der Waals surface area contributed by atoms with Gasteiger partial charge >= 0.3 is 6.18 Å². The van der Waals surface area contributed by atoms with Gasteiger partial charge < -0.3 is 10.2 Å². The lowest BCUT2D eigenvalue weighted by Gasteiger charge is -2.08. The molecule has 1 amide bonds. The van der Waals surface area contributed by atoms with Crippen molar-refractivity contribution in [3.05, 3.63) is 35.4 Å². The minimum atomic E-state index is -4.42. The van der Waals surface area contributed by atoms with E-state index in [0.717, 1.165) is 0 Å². The predicted octanol–water partition coefficient (Wildman–Crippen LogP) is 1.96. The van der Waals surface area contributed by atoms with Crippen LogP contribution < -0.4 is 5.32 Å². The molecular formula is C11H11F3N2O2. The van der Waals surface area contributed by atoms with Crippen molar-refractivity contribution < 1.29 is 22.8 Å². The zero-order valence-electron chi connectivity index (χ0n) is 9.49. The molecule has 18 heavy (non-hydrogen) atoms. The lowest BCUT2D eigenvalue weighted by molar-refractivity contribution is -0.123. The van der Waals surface area contributed by atoms with E-state index in [1.54, 1.807) is 17.4 Å². The Morgan fingerprint density at radius 2 is 2.00 bits per heavy atom. The second-order valence-corrected chi connectivity index (χ2v) is 3.34. The SMILES string of the molecule is CO/N=C/c1ccc(C(=O)NCC(F)(F)F)cc1. The van der Waals surface area contributed by atoms with Gasteiger partial charge in [-0.2, -0.15) is 13.2 Å². The number of rotatable bonds is 4. The molecule has 0 saturated heterocycles. The van der Waals surface area contributed by atoms with Crippen molar-refractivity contribution in [3.8, 4) is 0 Å². The highest BCUT2D eigenvalue weighted by atomic mass is 19.4. The van der Waals surface area contributed by atoms with Crippen molar-refractivity contribution in [3.63, 3.8) is 0 Å². The van der Waals surface area contributed by atoms with Gasteiger partial charge in [0.15, 0.2) is 0 Å². The highest BCUT2D eigenvalue weighted by Crippen LogP contribution is 2.12. The molecule has 0 bridgehead atoms. The number of halogens is 3. The molecule has 0 aromatic heterocycles. The first-order valence-electron chi connectivity index (χ1n) is 4.94. The fourth-order valence-corrected chi connectivity index (χ4v) is 1.12. The summed E-state index contributed by atoms with van der Waals surface area (Å²) in [6, 6.07) is 5.90. The molecule has 0 radical (unpaired) electrons. The van der Waals surface area contributed by atoms with Gasteiger partial charge in [0, 0.05) is 5.56 Å². The number of hydrogen-bond donors (Lipinski definition) is 1. The molecule has 98 valence electrons. The molecule has 1 aromatic carbocycles. The minimum absolute atomic E-state index is 0.147. The molecule has 1 N–H and O–H groups in total. The van der Waals surface area contributed by atoms with Gasteiger partial charge in [0.2, 0.25) is 0 Å². The van der Waals surface area contributed by atoms with Crippen LogP contribution in [0.15, 0.2) is 29.4 Å². The van der Waals surface area contributed by atoms with Crippen LogP contribution in [0.25, 0.3) is 0 Å². The largest absolute Gasteiger partial charge is 0.405 e. The van der Waals surface area contributed by atoms with Gasteiger partial charge in [-0.15, -0.1) is 0 Å². The molecule has 0 spiro atoms. The third-order valence-electron chi connectivity index (χ3n) is 1.93. The summed E-state index contributed by atoms with van der Waals surface area (Å²) >= 11 is 0. The zero-order chi connectivity index (χ0) is 13.6. The van der Waals surface area contributed by atoms with E-state index >= 15 is 0 Å². The van der Waals surface area contributed by atoms with Crippen LogP contribution in [0.3, 0.4) is 0 Å². The van der Waals surface area contributed by atoms with E-state index in [9.17, 15) is 18.0 Å². The molecule has 0 unspecified atom stereocenters. The van der Waals surface area contributed by atoms with Gasteiger partial charge in [-0.05, 0) is 17.7 Å². The van der Waals surface area contributed by atoms with Crippen LogP contribution in [0.5, 0.6) is 0 Å². The lowest BCUT2D eigenvalue weighted by Crippen LogP contribution is -2.33. The molecule has 0 aliphatic rings. The summed E-state index contributed by atoms with van der Waals surface area (Å²) in [5, 5.41) is 5.29. The molecule has 0 aliphatic heterocycles. The Kier molecular flexibility index (Phi) is 4.70. The molecule has 1 aromatic rings. The minimum Gasteiger partial charge on any atom is -0.399 e. The Bertz CT molecular complexity index is 427. The van der Waals surface area contributed by atoms with Crippen molar-refractivity contribution in [2.75, 3.05) is 13.7 Å². The van der Waals surface area contributed by atoms with Crippen LogP contribution in [0.1, 0.15) is 15.9 Å². The molecule has 1 rings (SSSR count). The van der Waals surface area contributed by atoms with Gasteiger partial charge in [-0.25, -0.2) is 0 Å². The fourth-order valence-electron chi connectivity index (χ4n) is 1.12. The Morgan fingerprint density at radius 3 is 2.50 bits per heavy atom. The maximum atomic E-state index is 11.9. The number of carbonyl (C=O) groups is 1. The van der Waals surface area contributed by atoms with Crippen LogP contribution in [0.4, 0.5) is 13.2 Å². The first kappa shape index (κ1) is 14.0. The smallest absolute Gasteiger partial charge is 0.399 e. The van der Waals surface area contributed by atoms with E-state index < -0.39 is 18.6 Å². The fraction of sp³-hybridized carbons (Fsp3) is 0.273. The number of nitrogens with zero attached hydrogens (tertiary/aromatic N) is 1. The number of alkyl halides is 3. The standard InChI is InChI=1S/C11H11F3N2O2/c1-18-16-6-8-2-4-9(5-3-8)10(17)15-7-11(12,13)14/h2-6H,7H2,1H3,(H,15,17)/b16-6+. The van der Waals surface area contributed by atoms with Crippen molar-refractivity contribution in [1.29, 1.82) is 0 Å². The van der Waals surface area contributed by atoms with E-state index in [1.165, 1.54) is 25.5 Å². The van der Waals surface area contributed by atoms with E-state index in [1.807, 2.05) is 0 Å². The van der Waals surface area contributed by atoms with Gasteiger partial charge in [-0.3, -0.25) is 4.79 Å². The van der Waals surface area contributed by atoms with Gasteiger partial charge in [0.05, 0.1) is 6.21 Å². The van der Waals surface area contributed by atoms with E-state index in [-0.39, 0.29) is 5.56 Å². The van der Waals surface area contributed by atoms with Crippen molar-refractivity contribution >= 4 is 12.1 Å². The first-order chi connectivity index (χ1) is 8.42. The van der Waals surface area contributed by atoms with Crippen molar-refractivity contribution in [1.82, 2.24) is 5.32 Å². The van der Waals surface area contributed by atoms with Crippen LogP contribution in [0.2, 0.25) is 0 Å². The average Bonchev–Trinajstić information content (AvgIpc) is 2.33. The van der Waals surface area contributed by atoms with E-state index in [0.29, 0.717) is 5.56 Å². The summed E-state index contributed by atoms with van der Waals surface area (Å²) in [4.78, 5) is 15.8. The number of oxime groups is 1. The molecule has 0 heterocycles. The summed E-state index contributed by atoms with van der Waals surface area (Å²) in [6.45, 7) is -1.35. The predicted molar refractivity (Wildman–Crippen MR) is 59.4 cm³/mol. The maximum Gasteiger partial charge on any atom is 0.405 e. The van der Waals surface area contributed by atoms with Crippen LogP contribution in [0, 0.1) is 0 Å². The Morgan fingerprint density at radius 1 is 1.39 bits per heavy atom. The zero-order valence-corrected chi connectivity index (χ0v) is 9.49. The van der Waals surface area contributed by atoms with Gasteiger partial charge in [-0.1, -0.05) is 17.3 Å². The monoisotopic (exact) mass is 260 g/mol. The third kappa shape index (κ3) is 4.86. The first-order valence-corrected chi connectivity index (χ1v) is 4.94. The molecule has 0 fully saturated rings. The topological polar surface area (TPSA) is 50.7 Å². The van der Waals surface area contributed by atoms with Crippen molar-refractivity contribution in [2.24, 2.45) is 5.16 Å². The number of benzene rings is 1. The number of amides is 1. The Labute approximate surface area is 101 Å². The summed E-state index contributed by atoms with van der Waals surface area (Å²) < 4.78 is 35.7. The second-order valence-electron chi connectivity index (χ2n) is 3.34. The lowest BCUT2D eigenvalue weighted by atomic mass is 10.1. The average molecular weight is 260 g/mol. The highest BCUT2D eigenvalue weighted by molar-refractivity contribution is 5.95. The molecule has 7 heteroatoms. The quantitative estimate of drug-likeness (QED) is 0.664. The molecule has 4 nitrogen and oxygen atoms in total. The third-order valence-corrected chi connectivity index (χ3v) is 1.93. The van der Waals surface area contributed by atoms with Crippen molar-refractivity contribution in [2.45, 2.75) is 6.18 Å². The summed E-state index contributed by atoms with van der Waals surface area (Å²) in [7, 11) is 1.38. The second kappa shape index (κ2) is 6.04. The Balaban J connectivity index is 2.62. The molecule has 0 atom stereocenters. The molecule has 0 saturated carbocycles. The van der Waals surface area contributed by atoms with Crippen LogP contribution in [-0.2, 0) is 4.84 Å². The summed E-state index contributed by atoms with van der Waals surface area (Å²) in [5.41, 5.74) is 0.818. The van der Waals surface area contributed by atoms with Crippen LogP contribution in [-0.4, -0.2) is 32.0 Å². The van der Waals surface area contributed by atoms with Crippen LogP contribution >= 0.6 is 0 Å². The van der Waals surface area contributed by atoms with E-state index in [2.05, 4.69) is 9.99 Å². The highest BCUT2D eigenvalue weighted by Gasteiger charge is 2.27.